The highest BCUT2D eigenvalue weighted by Crippen LogP contribution is 2.18. The molecule has 6 nitrogen and oxygen atoms in total. The molecule has 1 atom stereocenters. The minimum atomic E-state index is -0.0864. The van der Waals surface area contributed by atoms with Crippen molar-refractivity contribution in [3.05, 3.63) is 65.4 Å². The third-order valence-electron chi connectivity index (χ3n) is 4.45. The highest BCUT2D eigenvalue weighted by atomic mass is 16.1. The Bertz CT molecular complexity index is 1010. The van der Waals surface area contributed by atoms with Crippen LogP contribution in [0.2, 0.25) is 0 Å². The van der Waals surface area contributed by atoms with E-state index in [1.807, 2.05) is 56.3 Å². The van der Waals surface area contributed by atoms with Crippen LogP contribution in [0.4, 0.5) is 5.95 Å². The van der Waals surface area contributed by atoms with Crippen LogP contribution in [-0.2, 0) is 4.79 Å². The molecule has 26 heavy (non-hydrogen) atoms. The summed E-state index contributed by atoms with van der Waals surface area (Å²) < 4.78 is 0. The summed E-state index contributed by atoms with van der Waals surface area (Å²) in [6.45, 7) is 4.01. The monoisotopic (exact) mass is 346 g/mol. The number of hydrogen-bond acceptors (Lipinski definition) is 4. The van der Waals surface area contributed by atoms with E-state index in [2.05, 4.69) is 31.7 Å². The fourth-order valence-electron chi connectivity index (χ4n) is 3.15. The van der Waals surface area contributed by atoms with Crippen molar-refractivity contribution in [3.8, 4) is 0 Å². The Labute approximate surface area is 151 Å². The molecule has 0 radical (unpaired) electrons. The summed E-state index contributed by atoms with van der Waals surface area (Å²) in [4.78, 5) is 24.5. The van der Waals surface area contributed by atoms with Crippen LogP contribution in [0.15, 0.2) is 48.5 Å². The number of hydrogen-bond donors (Lipinski definition) is 3. The molecule has 2 heterocycles. The molecule has 1 aliphatic rings. The van der Waals surface area contributed by atoms with Gasteiger partial charge in [0, 0.05) is 5.39 Å². The summed E-state index contributed by atoms with van der Waals surface area (Å²) in [7, 11) is 0. The van der Waals surface area contributed by atoms with E-state index in [1.54, 1.807) is 0 Å². The number of aromatic nitrogens is 2. The molecule has 3 N–H and O–H groups in total. The van der Waals surface area contributed by atoms with Gasteiger partial charge in [-0.3, -0.25) is 9.79 Å². The average Bonchev–Trinajstić information content (AvgIpc) is 2.63. The minimum absolute atomic E-state index is 0.0479. The van der Waals surface area contributed by atoms with Gasteiger partial charge in [-0.25, -0.2) is 15.6 Å². The van der Waals surface area contributed by atoms with Gasteiger partial charge in [-0.1, -0.05) is 42.0 Å². The minimum Gasteiger partial charge on any atom is -0.270 e. The van der Waals surface area contributed by atoms with E-state index >= 15 is 0 Å². The first kappa shape index (κ1) is 16.2. The highest BCUT2D eigenvalue weighted by molar-refractivity contribution is 6.01. The van der Waals surface area contributed by atoms with Crippen molar-refractivity contribution < 1.29 is 9.79 Å². The van der Waals surface area contributed by atoms with E-state index in [4.69, 9.17) is 0 Å². The number of nitrogens with one attached hydrogen (secondary N) is 3. The molecule has 1 aliphatic heterocycles. The van der Waals surface area contributed by atoms with E-state index in [0.717, 1.165) is 22.2 Å². The van der Waals surface area contributed by atoms with Gasteiger partial charge in [-0.05, 0) is 31.5 Å². The zero-order valence-electron chi connectivity index (χ0n) is 14.7. The lowest BCUT2D eigenvalue weighted by Crippen LogP contribution is -2.82. The van der Waals surface area contributed by atoms with Crippen LogP contribution < -0.4 is 15.6 Å². The van der Waals surface area contributed by atoms with Crippen molar-refractivity contribution in [3.63, 3.8) is 0 Å². The van der Waals surface area contributed by atoms with Gasteiger partial charge in [0.2, 0.25) is 0 Å². The molecular weight excluding hydrogens is 326 g/mol. The van der Waals surface area contributed by atoms with Crippen LogP contribution in [0.1, 0.15) is 29.3 Å². The summed E-state index contributed by atoms with van der Waals surface area (Å²) in [5.41, 5.74) is 4.00. The molecule has 1 amide bonds. The number of rotatable bonds is 2. The van der Waals surface area contributed by atoms with Gasteiger partial charge in [0.25, 0.3) is 11.9 Å². The lowest BCUT2D eigenvalue weighted by molar-refractivity contribution is -0.513. The number of carbonyl (C=O) groups excluding carboxylic acids is 1. The molecular formula is C20H20N5O+. The van der Waals surface area contributed by atoms with Gasteiger partial charge in [0.1, 0.15) is 6.04 Å². The molecule has 2 aromatic carbocycles. The molecule has 0 aliphatic carbocycles. The lowest BCUT2D eigenvalue weighted by Gasteiger charge is -2.17. The summed E-state index contributed by atoms with van der Waals surface area (Å²) >= 11 is 0. The van der Waals surface area contributed by atoms with Gasteiger partial charge in [0.15, 0.2) is 0 Å². The molecule has 0 saturated carbocycles. The topological polar surface area (TPSA) is 80.9 Å². The number of carbonyl (C=O) groups is 1. The Morgan fingerprint density at radius 2 is 1.92 bits per heavy atom. The van der Waals surface area contributed by atoms with Crippen LogP contribution in [0, 0.1) is 13.8 Å². The third kappa shape index (κ3) is 3.26. The predicted molar refractivity (Wildman–Crippen MR) is 101 cm³/mol. The number of anilines is 1. The summed E-state index contributed by atoms with van der Waals surface area (Å²) in [6, 6.07) is 15.9. The van der Waals surface area contributed by atoms with E-state index in [-0.39, 0.29) is 11.9 Å². The van der Waals surface area contributed by atoms with Gasteiger partial charge in [-0.2, -0.15) is 4.98 Å². The highest BCUT2D eigenvalue weighted by Gasteiger charge is 2.27. The third-order valence-corrected chi connectivity index (χ3v) is 4.45. The second kappa shape index (κ2) is 6.55. The Balaban J connectivity index is 1.65. The van der Waals surface area contributed by atoms with E-state index < -0.39 is 0 Å². The Kier molecular flexibility index (Phi) is 4.08. The number of amides is 1. The van der Waals surface area contributed by atoms with Crippen molar-refractivity contribution in [2.75, 3.05) is 5.32 Å². The zero-order chi connectivity index (χ0) is 18.1. The first-order chi connectivity index (χ1) is 12.6. The van der Waals surface area contributed by atoms with Gasteiger partial charge in [-0.15, -0.1) is 0 Å². The first-order valence-corrected chi connectivity index (χ1v) is 8.59. The predicted octanol–water partition coefficient (Wildman–Crippen LogP) is 1.36. The smallest absolute Gasteiger partial charge is 0.270 e. The lowest BCUT2D eigenvalue weighted by atomic mass is 10.0. The number of fused-ring (bicyclic) bond motifs is 1. The second-order valence-corrected chi connectivity index (χ2v) is 6.51. The van der Waals surface area contributed by atoms with Crippen LogP contribution in [-0.4, -0.2) is 21.8 Å². The maximum absolute atomic E-state index is 12.1. The molecule has 0 fully saturated rings. The van der Waals surface area contributed by atoms with Gasteiger partial charge >= 0.3 is 5.96 Å². The zero-order valence-corrected chi connectivity index (χ0v) is 14.7. The van der Waals surface area contributed by atoms with Crippen molar-refractivity contribution in [2.24, 2.45) is 0 Å². The van der Waals surface area contributed by atoms with E-state index in [1.165, 1.54) is 5.56 Å². The SMILES string of the molecule is Cc1ccc2nc(NC3=[NH+][C@@H](c4ccccc4)CC(=O)N3)nc(C)c2c1. The summed E-state index contributed by atoms with van der Waals surface area (Å²) in [5, 5.41) is 6.96. The summed E-state index contributed by atoms with van der Waals surface area (Å²) in [6.07, 6.45) is 0.381. The van der Waals surface area contributed by atoms with Crippen LogP contribution >= 0.6 is 0 Å². The van der Waals surface area contributed by atoms with Crippen LogP contribution in [0.5, 0.6) is 0 Å². The molecule has 0 bridgehead atoms. The second-order valence-electron chi connectivity index (χ2n) is 6.51. The number of benzene rings is 2. The molecule has 1 aromatic heterocycles. The number of nitrogens with zero attached hydrogens (tertiary/aromatic N) is 2. The number of aryl methyl sites for hydroxylation is 2. The average molecular weight is 346 g/mol. The molecule has 0 saturated heterocycles. The molecule has 3 aromatic rings. The molecule has 6 heteroatoms. The maximum atomic E-state index is 12.1. The quantitative estimate of drug-likeness (QED) is 0.654. The van der Waals surface area contributed by atoms with Crippen molar-refractivity contribution in [2.45, 2.75) is 26.3 Å². The maximum Gasteiger partial charge on any atom is 0.358 e. The molecule has 130 valence electrons. The van der Waals surface area contributed by atoms with Crippen LogP contribution in [0.25, 0.3) is 10.9 Å². The van der Waals surface area contributed by atoms with Crippen molar-refractivity contribution >= 4 is 28.7 Å². The van der Waals surface area contributed by atoms with Crippen molar-refractivity contribution in [1.82, 2.24) is 15.3 Å². The molecule has 4 rings (SSSR count). The fourth-order valence-corrected chi connectivity index (χ4v) is 3.15. The van der Waals surface area contributed by atoms with Gasteiger partial charge < -0.3 is 0 Å². The normalized spacial score (nSPS) is 16.9. The van der Waals surface area contributed by atoms with Crippen molar-refractivity contribution in [1.29, 1.82) is 0 Å². The van der Waals surface area contributed by atoms with Gasteiger partial charge in [0.05, 0.1) is 17.6 Å². The first-order valence-electron chi connectivity index (χ1n) is 8.59. The Hall–Kier alpha value is -3.28. The largest absolute Gasteiger partial charge is 0.358 e. The van der Waals surface area contributed by atoms with Crippen LogP contribution in [0.3, 0.4) is 0 Å². The van der Waals surface area contributed by atoms with E-state index in [9.17, 15) is 4.79 Å². The molecule has 0 unspecified atom stereocenters. The molecule has 0 spiro atoms. The summed E-state index contributed by atoms with van der Waals surface area (Å²) in [5.74, 6) is 0.907. The standard InChI is InChI=1S/C20H19N5O/c1-12-8-9-16-15(10-12)13(2)21-19(22-16)25-20-23-17(11-18(26)24-20)14-6-4-3-5-7-14/h3-10,17H,11H2,1-2H3,(H2,21,22,23,24,25,26)/p+1/t17-/m1/s1. The van der Waals surface area contributed by atoms with E-state index in [0.29, 0.717) is 18.3 Å². The fraction of sp³-hybridized carbons (Fsp3) is 0.200. The Morgan fingerprint density at radius 3 is 2.73 bits per heavy atom. The number of guanidine groups is 1. The Morgan fingerprint density at radius 1 is 1.12 bits per heavy atom.